The lowest BCUT2D eigenvalue weighted by Crippen LogP contribution is -2.35. The minimum absolute atomic E-state index is 0.173. The van der Waals surface area contributed by atoms with Gasteiger partial charge in [0.05, 0.1) is 22.1 Å². The summed E-state index contributed by atoms with van der Waals surface area (Å²) in [5, 5.41) is 3.85. The van der Waals surface area contributed by atoms with E-state index in [0.717, 1.165) is 48.4 Å². The van der Waals surface area contributed by atoms with Gasteiger partial charge in [0.2, 0.25) is 5.91 Å². The number of benzene rings is 2. The molecule has 0 saturated carbocycles. The van der Waals surface area contributed by atoms with Crippen LogP contribution >= 0.6 is 23.2 Å². The zero-order chi connectivity index (χ0) is 27.7. The average molecular weight is 585 g/mol. The summed E-state index contributed by atoms with van der Waals surface area (Å²) < 4.78 is 13.2. The molecule has 6 nitrogen and oxygen atoms in total. The quantitative estimate of drug-likeness (QED) is 0.304. The number of carbonyl (C=O) groups is 2. The number of anilines is 1. The number of aromatic nitrogens is 1. The van der Waals surface area contributed by atoms with E-state index in [1.54, 1.807) is 36.4 Å². The first-order valence-corrected chi connectivity index (χ1v) is 15.2. The Morgan fingerprint density at radius 2 is 1.77 bits per heavy atom. The molecule has 2 aliphatic heterocycles. The Labute approximate surface area is 241 Å². The van der Waals surface area contributed by atoms with Gasteiger partial charge in [0.25, 0.3) is 5.91 Å². The molecule has 1 atom stereocenters. The van der Waals surface area contributed by atoms with E-state index in [1.165, 1.54) is 6.42 Å². The number of aryl methyl sites for hydroxylation is 1. The molecule has 1 unspecified atom stereocenters. The maximum atomic E-state index is 13.2. The minimum Gasteiger partial charge on any atom is -0.359 e. The van der Waals surface area contributed by atoms with Crippen LogP contribution in [0, 0.1) is 13.8 Å². The molecule has 204 valence electrons. The summed E-state index contributed by atoms with van der Waals surface area (Å²) in [4.78, 5) is 31.6. The lowest BCUT2D eigenvalue weighted by atomic mass is 10.0. The summed E-state index contributed by atoms with van der Waals surface area (Å²) in [5.41, 5.74) is 6.48. The lowest BCUT2D eigenvalue weighted by Gasteiger charge is -2.26. The van der Waals surface area contributed by atoms with Crippen LogP contribution in [0.1, 0.15) is 59.3 Å². The standard InChI is InChI=1S/C30H31Cl2N3O3S/c1-18-21(10-12-29(36)35-13-4-3-5-14-35)19(2)33-28(18)16-23-22-15-20(9-11-27(22)34-30(23)37)39(38)17-24-25(31)7-6-8-26(24)32/h6-9,11,15-16,33H,3-5,10,12-14,17H2,1-2H3,(H,34,37)/b23-16-. The van der Waals surface area contributed by atoms with E-state index in [9.17, 15) is 13.8 Å². The molecule has 39 heavy (non-hydrogen) atoms. The largest absolute Gasteiger partial charge is 0.359 e. The monoisotopic (exact) mass is 583 g/mol. The third kappa shape index (κ3) is 5.86. The van der Waals surface area contributed by atoms with Gasteiger partial charge in [-0.2, -0.15) is 0 Å². The van der Waals surface area contributed by atoms with Gasteiger partial charge in [-0.3, -0.25) is 13.8 Å². The second-order valence-corrected chi connectivity index (χ2v) is 12.4. The number of amides is 2. The predicted octanol–water partition coefficient (Wildman–Crippen LogP) is 6.68. The molecule has 2 N–H and O–H groups in total. The highest BCUT2D eigenvalue weighted by molar-refractivity contribution is 7.84. The smallest absolute Gasteiger partial charge is 0.256 e. The van der Waals surface area contributed by atoms with Crippen LogP contribution < -0.4 is 5.32 Å². The maximum Gasteiger partial charge on any atom is 0.256 e. The van der Waals surface area contributed by atoms with Crippen molar-refractivity contribution in [1.29, 1.82) is 0 Å². The summed E-state index contributed by atoms with van der Waals surface area (Å²) in [6.45, 7) is 5.73. The van der Waals surface area contributed by atoms with Crippen molar-refractivity contribution in [2.24, 2.45) is 0 Å². The van der Waals surface area contributed by atoms with E-state index in [1.807, 2.05) is 24.8 Å². The molecule has 1 fully saturated rings. The highest BCUT2D eigenvalue weighted by Crippen LogP contribution is 2.36. The highest BCUT2D eigenvalue weighted by Gasteiger charge is 2.26. The second kappa shape index (κ2) is 11.7. The van der Waals surface area contributed by atoms with Crippen LogP contribution in [-0.4, -0.2) is 39.0 Å². The number of carbonyl (C=O) groups excluding carboxylic acids is 2. The van der Waals surface area contributed by atoms with Crippen molar-refractivity contribution in [2.75, 3.05) is 18.4 Å². The van der Waals surface area contributed by atoms with Gasteiger partial charge in [0.1, 0.15) is 0 Å². The SMILES string of the molecule is Cc1[nH]c(/C=C2\C(=O)Nc3ccc(S(=O)Cc4c(Cl)cccc4Cl)cc32)c(C)c1CCC(=O)N1CCCCC1. The van der Waals surface area contributed by atoms with Crippen molar-refractivity contribution >= 4 is 63.2 Å². The summed E-state index contributed by atoms with van der Waals surface area (Å²) in [5.74, 6) is 0.166. The van der Waals surface area contributed by atoms with Crippen LogP contribution in [0.25, 0.3) is 11.6 Å². The molecule has 3 aromatic rings. The molecule has 0 bridgehead atoms. The first-order chi connectivity index (χ1) is 18.7. The molecule has 9 heteroatoms. The topological polar surface area (TPSA) is 82.3 Å². The van der Waals surface area contributed by atoms with Crippen LogP contribution in [0.3, 0.4) is 0 Å². The second-order valence-electron chi connectivity index (χ2n) is 10.1. The summed E-state index contributed by atoms with van der Waals surface area (Å²) in [6, 6.07) is 10.5. The van der Waals surface area contributed by atoms with E-state index in [2.05, 4.69) is 10.3 Å². The Kier molecular flexibility index (Phi) is 8.31. The number of rotatable bonds is 7. The Morgan fingerprint density at radius 3 is 2.49 bits per heavy atom. The molecule has 1 aromatic heterocycles. The van der Waals surface area contributed by atoms with E-state index < -0.39 is 10.8 Å². The Morgan fingerprint density at radius 1 is 1.05 bits per heavy atom. The first kappa shape index (κ1) is 27.7. The number of hydrogen-bond acceptors (Lipinski definition) is 3. The molecular weight excluding hydrogens is 553 g/mol. The van der Waals surface area contributed by atoms with Crippen molar-refractivity contribution in [3.63, 3.8) is 0 Å². The molecular formula is C30H31Cl2N3O3S. The molecule has 2 amide bonds. The first-order valence-electron chi connectivity index (χ1n) is 13.2. The normalized spacial score (nSPS) is 16.9. The number of hydrogen-bond donors (Lipinski definition) is 2. The number of halogens is 2. The number of piperidine rings is 1. The molecule has 1 saturated heterocycles. The van der Waals surface area contributed by atoms with Gasteiger partial charge in [-0.15, -0.1) is 0 Å². The zero-order valence-electron chi connectivity index (χ0n) is 22.0. The Hall–Kier alpha value is -2.87. The fourth-order valence-corrected chi connectivity index (χ4v) is 7.25. The maximum absolute atomic E-state index is 13.2. The number of aromatic amines is 1. The molecule has 2 aromatic carbocycles. The molecule has 0 aliphatic carbocycles. The molecule has 0 radical (unpaired) electrons. The van der Waals surface area contributed by atoms with Crippen LogP contribution in [0.4, 0.5) is 5.69 Å². The summed E-state index contributed by atoms with van der Waals surface area (Å²) >= 11 is 12.6. The molecule has 0 spiro atoms. The fraction of sp³-hybridized carbons (Fsp3) is 0.333. The van der Waals surface area contributed by atoms with E-state index in [-0.39, 0.29) is 17.6 Å². The van der Waals surface area contributed by atoms with Crippen molar-refractivity contribution in [3.05, 3.63) is 80.1 Å². The van der Waals surface area contributed by atoms with Crippen LogP contribution in [0.2, 0.25) is 10.0 Å². The van der Waals surface area contributed by atoms with Gasteiger partial charge >= 0.3 is 0 Å². The van der Waals surface area contributed by atoms with E-state index in [4.69, 9.17) is 23.2 Å². The van der Waals surface area contributed by atoms with Crippen molar-refractivity contribution in [2.45, 2.75) is 56.6 Å². The Balaban J connectivity index is 1.37. The third-order valence-electron chi connectivity index (χ3n) is 7.59. The van der Waals surface area contributed by atoms with Gasteiger partial charge in [-0.25, -0.2) is 0 Å². The average Bonchev–Trinajstić information content (AvgIpc) is 3.38. The molecule has 3 heterocycles. The van der Waals surface area contributed by atoms with Crippen molar-refractivity contribution < 1.29 is 13.8 Å². The number of H-pyrrole nitrogens is 1. The Bertz CT molecular complexity index is 1490. The summed E-state index contributed by atoms with van der Waals surface area (Å²) in [6.07, 6.45) is 6.34. The van der Waals surface area contributed by atoms with Gasteiger partial charge in [0.15, 0.2) is 0 Å². The van der Waals surface area contributed by atoms with Crippen molar-refractivity contribution in [1.82, 2.24) is 9.88 Å². The number of likely N-dealkylation sites (tertiary alicyclic amines) is 1. The number of fused-ring (bicyclic) bond motifs is 1. The zero-order valence-corrected chi connectivity index (χ0v) is 24.4. The fourth-order valence-electron chi connectivity index (χ4n) is 5.35. The van der Waals surface area contributed by atoms with Gasteiger partial charge in [0, 0.05) is 62.7 Å². The van der Waals surface area contributed by atoms with Crippen LogP contribution in [0.15, 0.2) is 41.3 Å². The molecule has 5 rings (SSSR count). The lowest BCUT2D eigenvalue weighted by molar-refractivity contribution is -0.132. The van der Waals surface area contributed by atoms with Crippen LogP contribution in [0.5, 0.6) is 0 Å². The number of nitrogens with one attached hydrogen (secondary N) is 2. The van der Waals surface area contributed by atoms with Crippen molar-refractivity contribution in [3.8, 4) is 0 Å². The van der Waals surface area contributed by atoms with Gasteiger partial charge < -0.3 is 15.2 Å². The number of nitrogens with zero attached hydrogens (tertiary/aromatic N) is 1. The van der Waals surface area contributed by atoms with E-state index in [0.29, 0.717) is 50.2 Å². The third-order valence-corrected chi connectivity index (χ3v) is 9.63. The summed E-state index contributed by atoms with van der Waals surface area (Å²) in [7, 11) is -1.41. The van der Waals surface area contributed by atoms with Crippen LogP contribution in [-0.2, 0) is 32.6 Å². The van der Waals surface area contributed by atoms with E-state index >= 15 is 0 Å². The highest BCUT2D eigenvalue weighted by atomic mass is 35.5. The van der Waals surface area contributed by atoms with Gasteiger partial charge in [-0.1, -0.05) is 29.3 Å². The predicted molar refractivity (Wildman–Crippen MR) is 159 cm³/mol. The molecule has 2 aliphatic rings. The minimum atomic E-state index is -1.41. The van der Waals surface area contributed by atoms with Gasteiger partial charge in [-0.05, 0) is 87.1 Å².